The number of aliphatic carboxylic acids is 1. The molecule has 1 saturated carbocycles. The molecule has 0 spiro atoms. The lowest BCUT2D eigenvalue weighted by atomic mass is 10.0. The molecule has 0 radical (unpaired) electrons. The molecule has 1 aliphatic carbocycles. The van der Waals surface area contributed by atoms with E-state index in [-0.39, 0.29) is 18.0 Å². The van der Waals surface area contributed by atoms with E-state index in [4.69, 9.17) is 5.11 Å². The average Bonchev–Trinajstić information content (AvgIpc) is 2.60. The number of rotatable bonds is 4. The maximum absolute atomic E-state index is 11.7. The van der Waals surface area contributed by atoms with Gasteiger partial charge in [0.1, 0.15) is 6.04 Å². The topological polar surface area (TPSA) is 78.4 Å². The van der Waals surface area contributed by atoms with Gasteiger partial charge in [-0.05, 0) is 24.7 Å². The van der Waals surface area contributed by atoms with E-state index in [1.54, 1.807) is 13.8 Å². The Balaban J connectivity index is 2.45. The Kier molecular flexibility index (Phi) is 4.78. The van der Waals surface area contributed by atoms with Crippen molar-refractivity contribution in [2.24, 2.45) is 11.8 Å². The van der Waals surface area contributed by atoms with E-state index in [0.29, 0.717) is 5.92 Å². The summed E-state index contributed by atoms with van der Waals surface area (Å²) in [6.07, 6.45) is 3.23. The molecule has 0 saturated heterocycles. The quantitative estimate of drug-likeness (QED) is 0.700. The largest absolute Gasteiger partial charge is 0.480 e. The Labute approximate surface area is 102 Å². The molecule has 0 heterocycles. The fourth-order valence-corrected chi connectivity index (χ4v) is 2.22. The summed E-state index contributed by atoms with van der Waals surface area (Å²) >= 11 is 0. The molecule has 5 nitrogen and oxygen atoms in total. The predicted molar refractivity (Wildman–Crippen MR) is 64.7 cm³/mol. The van der Waals surface area contributed by atoms with Gasteiger partial charge in [-0.3, -0.25) is 0 Å². The van der Waals surface area contributed by atoms with Crippen LogP contribution >= 0.6 is 0 Å². The second-order valence-corrected chi connectivity index (χ2v) is 5.19. The molecule has 0 aromatic carbocycles. The van der Waals surface area contributed by atoms with Crippen LogP contribution in [-0.2, 0) is 4.79 Å². The number of nitrogens with one attached hydrogen (secondary N) is 2. The molecular weight excluding hydrogens is 220 g/mol. The third kappa shape index (κ3) is 3.91. The van der Waals surface area contributed by atoms with Crippen LogP contribution in [0.4, 0.5) is 4.79 Å². The average molecular weight is 242 g/mol. The molecular formula is C12H22N2O3. The van der Waals surface area contributed by atoms with E-state index in [0.717, 1.165) is 19.3 Å². The molecule has 2 unspecified atom stereocenters. The molecule has 3 atom stereocenters. The zero-order chi connectivity index (χ0) is 13.0. The monoisotopic (exact) mass is 242 g/mol. The minimum atomic E-state index is -0.991. The maximum Gasteiger partial charge on any atom is 0.326 e. The molecule has 2 amide bonds. The summed E-state index contributed by atoms with van der Waals surface area (Å²) in [6, 6.07) is -1.02. The predicted octanol–water partition coefficient (Wildman–Crippen LogP) is 1.58. The first-order valence-corrected chi connectivity index (χ1v) is 6.21. The summed E-state index contributed by atoms with van der Waals surface area (Å²) < 4.78 is 0. The molecule has 3 N–H and O–H groups in total. The molecule has 1 aliphatic rings. The fourth-order valence-electron chi connectivity index (χ4n) is 2.22. The van der Waals surface area contributed by atoms with Crippen LogP contribution in [0.5, 0.6) is 0 Å². The van der Waals surface area contributed by atoms with Gasteiger partial charge in [0.15, 0.2) is 0 Å². The molecule has 17 heavy (non-hydrogen) atoms. The highest BCUT2D eigenvalue weighted by Crippen LogP contribution is 2.24. The van der Waals surface area contributed by atoms with E-state index in [2.05, 4.69) is 17.6 Å². The van der Waals surface area contributed by atoms with Crippen molar-refractivity contribution < 1.29 is 14.7 Å². The fraction of sp³-hybridized carbons (Fsp3) is 0.833. The summed E-state index contributed by atoms with van der Waals surface area (Å²) in [5.41, 5.74) is 0. The highest BCUT2D eigenvalue weighted by atomic mass is 16.4. The summed E-state index contributed by atoms with van der Waals surface area (Å²) in [5, 5.41) is 14.3. The lowest BCUT2D eigenvalue weighted by Crippen LogP contribution is -2.51. The van der Waals surface area contributed by atoms with Crippen LogP contribution in [0.15, 0.2) is 0 Å². The van der Waals surface area contributed by atoms with Gasteiger partial charge in [-0.25, -0.2) is 9.59 Å². The molecule has 0 aliphatic heterocycles. The van der Waals surface area contributed by atoms with Crippen molar-refractivity contribution in [3.8, 4) is 0 Å². The number of amides is 2. The Morgan fingerprint density at radius 2 is 1.94 bits per heavy atom. The van der Waals surface area contributed by atoms with Gasteiger partial charge < -0.3 is 15.7 Å². The number of carboxylic acid groups (broad SMARTS) is 1. The number of carbonyl (C=O) groups excluding carboxylic acids is 1. The van der Waals surface area contributed by atoms with Gasteiger partial charge in [-0.1, -0.05) is 27.2 Å². The lowest BCUT2D eigenvalue weighted by molar-refractivity contribution is -0.140. The van der Waals surface area contributed by atoms with E-state index < -0.39 is 12.0 Å². The van der Waals surface area contributed by atoms with Crippen LogP contribution in [0, 0.1) is 11.8 Å². The second-order valence-electron chi connectivity index (χ2n) is 5.19. The van der Waals surface area contributed by atoms with Crippen molar-refractivity contribution in [1.29, 1.82) is 0 Å². The summed E-state index contributed by atoms with van der Waals surface area (Å²) in [6.45, 7) is 5.66. The van der Waals surface area contributed by atoms with Gasteiger partial charge in [-0.2, -0.15) is 0 Å². The van der Waals surface area contributed by atoms with E-state index in [1.165, 1.54) is 0 Å². The van der Waals surface area contributed by atoms with Crippen LogP contribution in [0.1, 0.15) is 40.0 Å². The summed E-state index contributed by atoms with van der Waals surface area (Å²) in [5.74, 6) is -0.642. The van der Waals surface area contributed by atoms with Crippen molar-refractivity contribution in [3.63, 3.8) is 0 Å². The second kappa shape index (κ2) is 5.89. The molecule has 5 heteroatoms. The summed E-state index contributed by atoms with van der Waals surface area (Å²) in [4.78, 5) is 22.6. The van der Waals surface area contributed by atoms with Crippen LogP contribution in [0.25, 0.3) is 0 Å². The third-order valence-corrected chi connectivity index (χ3v) is 3.40. The molecule has 1 fully saturated rings. The number of hydrogen-bond donors (Lipinski definition) is 3. The highest BCUT2D eigenvalue weighted by molar-refractivity contribution is 5.82. The zero-order valence-corrected chi connectivity index (χ0v) is 10.7. The van der Waals surface area contributed by atoms with Gasteiger partial charge in [0.05, 0.1) is 0 Å². The standard InChI is InChI=1S/C12H22N2O3/c1-7(2)10(11(15)16)14-12(17)13-9-6-4-5-8(9)3/h7-10H,4-6H2,1-3H3,(H,15,16)(H2,13,14,17)/t8?,9?,10-/m0/s1. The van der Waals surface area contributed by atoms with E-state index in [9.17, 15) is 9.59 Å². The molecule has 0 aromatic heterocycles. The molecule has 0 bridgehead atoms. The van der Waals surface area contributed by atoms with Crippen molar-refractivity contribution in [3.05, 3.63) is 0 Å². The summed E-state index contributed by atoms with van der Waals surface area (Å²) in [7, 11) is 0. The van der Waals surface area contributed by atoms with Crippen LogP contribution in [0.2, 0.25) is 0 Å². The first-order valence-electron chi connectivity index (χ1n) is 6.21. The van der Waals surface area contributed by atoms with E-state index in [1.807, 2.05) is 0 Å². The van der Waals surface area contributed by atoms with Crippen LogP contribution in [0.3, 0.4) is 0 Å². The SMILES string of the molecule is CC1CCCC1NC(=O)N[C@H](C(=O)O)C(C)C. The van der Waals surface area contributed by atoms with E-state index >= 15 is 0 Å². The van der Waals surface area contributed by atoms with Crippen LogP contribution in [-0.4, -0.2) is 29.2 Å². The smallest absolute Gasteiger partial charge is 0.326 e. The minimum Gasteiger partial charge on any atom is -0.480 e. The number of urea groups is 1. The van der Waals surface area contributed by atoms with Gasteiger partial charge >= 0.3 is 12.0 Å². The highest BCUT2D eigenvalue weighted by Gasteiger charge is 2.27. The molecule has 1 rings (SSSR count). The van der Waals surface area contributed by atoms with Crippen molar-refractivity contribution in [1.82, 2.24) is 10.6 Å². The number of carbonyl (C=O) groups is 2. The van der Waals surface area contributed by atoms with Crippen LogP contribution < -0.4 is 10.6 Å². The number of hydrogen-bond acceptors (Lipinski definition) is 2. The normalized spacial score (nSPS) is 25.6. The zero-order valence-electron chi connectivity index (χ0n) is 10.7. The van der Waals surface area contributed by atoms with Gasteiger partial charge in [0.25, 0.3) is 0 Å². The molecule has 98 valence electrons. The molecule has 0 aromatic rings. The first-order chi connectivity index (χ1) is 7.91. The maximum atomic E-state index is 11.7. The van der Waals surface area contributed by atoms with Gasteiger partial charge in [0.2, 0.25) is 0 Å². The Morgan fingerprint density at radius 3 is 2.35 bits per heavy atom. The third-order valence-electron chi connectivity index (χ3n) is 3.40. The van der Waals surface area contributed by atoms with Gasteiger partial charge in [-0.15, -0.1) is 0 Å². The van der Waals surface area contributed by atoms with Crippen molar-refractivity contribution in [2.45, 2.75) is 52.1 Å². The minimum absolute atomic E-state index is 0.126. The number of carboxylic acids is 1. The van der Waals surface area contributed by atoms with Gasteiger partial charge in [0, 0.05) is 6.04 Å². The Hall–Kier alpha value is -1.26. The first kappa shape index (κ1) is 13.8. The lowest BCUT2D eigenvalue weighted by Gasteiger charge is -2.22. The Bertz CT molecular complexity index is 291. The van der Waals surface area contributed by atoms with Crippen molar-refractivity contribution in [2.75, 3.05) is 0 Å². The Morgan fingerprint density at radius 1 is 1.29 bits per heavy atom. The van der Waals surface area contributed by atoms with Crippen molar-refractivity contribution >= 4 is 12.0 Å².